The molecule has 0 spiro atoms. The molecule has 5 rings (SSSR count). The molecule has 0 fully saturated rings. The second-order valence-corrected chi connectivity index (χ2v) is 9.51. The van der Waals surface area contributed by atoms with Gasteiger partial charge in [0.2, 0.25) is 5.91 Å². The molecule has 33 heavy (non-hydrogen) atoms. The van der Waals surface area contributed by atoms with Gasteiger partial charge in [0.25, 0.3) is 0 Å². The van der Waals surface area contributed by atoms with E-state index in [1.54, 1.807) is 4.68 Å². The van der Waals surface area contributed by atoms with Gasteiger partial charge in [0.1, 0.15) is 12.2 Å². The highest BCUT2D eigenvalue weighted by Crippen LogP contribution is 2.27. The highest BCUT2D eigenvalue weighted by Gasteiger charge is 2.23. The van der Waals surface area contributed by atoms with E-state index in [0.29, 0.717) is 18.2 Å². The highest BCUT2D eigenvalue weighted by atomic mass is 32.1. The number of aryl methyl sites for hydroxylation is 2. The molecule has 0 saturated heterocycles. The van der Waals surface area contributed by atoms with Gasteiger partial charge < -0.3 is 10.6 Å². The van der Waals surface area contributed by atoms with Crippen LogP contribution in [0, 0.1) is 13.8 Å². The van der Waals surface area contributed by atoms with Crippen LogP contribution in [-0.4, -0.2) is 43.6 Å². The number of carbonyl (C=O) groups is 1. The van der Waals surface area contributed by atoms with E-state index in [2.05, 4.69) is 16.9 Å². The summed E-state index contributed by atoms with van der Waals surface area (Å²) < 4.78 is 1.81. The Kier molecular flexibility index (Phi) is 5.68. The van der Waals surface area contributed by atoms with Crippen LogP contribution in [0.1, 0.15) is 21.7 Å². The average molecular weight is 459 g/mol. The molecule has 1 aliphatic rings. The number of amides is 1. The third-order valence-corrected chi connectivity index (χ3v) is 7.13. The number of nitrogens with zero attached hydrogens (tertiary/aromatic N) is 5. The number of nitrogen functional groups attached to an aromatic ring is 1. The van der Waals surface area contributed by atoms with Crippen molar-refractivity contribution in [3.63, 3.8) is 0 Å². The number of nitrogens with two attached hydrogens (primary N) is 1. The first-order valence-electron chi connectivity index (χ1n) is 11.1. The maximum atomic E-state index is 13.3. The number of pyridine rings is 1. The molecule has 168 valence electrons. The van der Waals surface area contributed by atoms with Crippen LogP contribution in [-0.2, 0) is 24.2 Å². The van der Waals surface area contributed by atoms with Crippen molar-refractivity contribution in [2.45, 2.75) is 33.2 Å². The number of anilines is 1. The molecule has 0 atom stereocenters. The fourth-order valence-corrected chi connectivity index (χ4v) is 5.00. The lowest BCUT2D eigenvalue weighted by Crippen LogP contribution is -2.36. The van der Waals surface area contributed by atoms with E-state index >= 15 is 0 Å². The van der Waals surface area contributed by atoms with E-state index in [4.69, 9.17) is 10.8 Å². The second-order valence-electron chi connectivity index (χ2n) is 8.40. The van der Waals surface area contributed by atoms with Crippen LogP contribution < -0.4 is 5.73 Å². The van der Waals surface area contributed by atoms with Gasteiger partial charge in [-0.05, 0) is 42.7 Å². The second kappa shape index (κ2) is 8.78. The third-order valence-electron chi connectivity index (χ3n) is 6.14. The SMILES string of the molecule is Cc1cnc(-c2cc(-c3ccccc3)n(CC(=O)N3CCc4nc(N)sc4CC3)n2)cc1C. The minimum absolute atomic E-state index is 0.0537. The van der Waals surface area contributed by atoms with Crippen LogP contribution in [0.15, 0.2) is 48.7 Å². The number of hydrogen-bond acceptors (Lipinski definition) is 6. The van der Waals surface area contributed by atoms with E-state index in [-0.39, 0.29) is 12.5 Å². The van der Waals surface area contributed by atoms with Crippen molar-refractivity contribution >= 4 is 22.4 Å². The summed E-state index contributed by atoms with van der Waals surface area (Å²) in [6.45, 7) is 5.60. The maximum Gasteiger partial charge on any atom is 0.244 e. The Morgan fingerprint density at radius 2 is 1.85 bits per heavy atom. The Hall–Kier alpha value is -3.52. The first-order valence-corrected chi connectivity index (χ1v) is 11.9. The van der Waals surface area contributed by atoms with Crippen molar-refractivity contribution in [1.29, 1.82) is 0 Å². The molecule has 3 aromatic heterocycles. The summed E-state index contributed by atoms with van der Waals surface area (Å²) in [6, 6.07) is 14.1. The molecule has 0 saturated carbocycles. The lowest BCUT2D eigenvalue weighted by Gasteiger charge is -2.20. The maximum absolute atomic E-state index is 13.3. The van der Waals surface area contributed by atoms with E-state index < -0.39 is 0 Å². The molecule has 4 heterocycles. The summed E-state index contributed by atoms with van der Waals surface area (Å²) in [5, 5.41) is 5.41. The molecule has 1 amide bonds. The number of benzene rings is 1. The Labute approximate surface area is 196 Å². The van der Waals surface area contributed by atoms with Gasteiger partial charge in [-0.3, -0.25) is 14.5 Å². The molecule has 2 N–H and O–H groups in total. The highest BCUT2D eigenvalue weighted by molar-refractivity contribution is 7.15. The molecule has 8 heteroatoms. The molecule has 0 unspecified atom stereocenters. The number of rotatable bonds is 4. The molecule has 1 aromatic carbocycles. The van der Waals surface area contributed by atoms with Crippen molar-refractivity contribution in [2.75, 3.05) is 18.8 Å². The largest absolute Gasteiger partial charge is 0.375 e. The van der Waals surface area contributed by atoms with Crippen molar-refractivity contribution in [2.24, 2.45) is 0 Å². The van der Waals surface area contributed by atoms with Crippen LogP contribution in [0.5, 0.6) is 0 Å². The predicted molar refractivity (Wildman–Crippen MR) is 131 cm³/mol. The van der Waals surface area contributed by atoms with Crippen molar-refractivity contribution < 1.29 is 4.79 Å². The average Bonchev–Trinajstić information content (AvgIpc) is 3.33. The van der Waals surface area contributed by atoms with Gasteiger partial charge in [-0.25, -0.2) is 4.98 Å². The van der Waals surface area contributed by atoms with Gasteiger partial charge in [0.05, 0.1) is 17.1 Å². The van der Waals surface area contributed by atoms with Crippen LogP contribution in [0.2, 0.25) is 0 Å². The van der Waals surface area contributed by atoms with Crippen molar-refractivity contribution in [3.05, 3.63) is 70.4 Å². The van der Waals surface area contributed by atoms with Gasteiger partial charge in [0.15, 0.2) is 5.13 Å². The summed E-state index contributed by atoms with van der Waals surface area (Å²) in [7, 11) is 0. The molecule has 4 aromatic rings. The minimum atomic E-state index is 0.0537. The minimum Gasteiger partial charge on any atom is -0.375 e. The number of hydrogen-bond donors (Lipinski definition) is 1. The monoisotopic (exact) mass is 458 g/mol. The number of carbonyl (C=O) groups excluding carboxylic acids is 1. The van der Waals surface area contributed by atoms with Crippen LogP contribution in [0.4, 0.5) is 5.13 Å². The third kappa shape index (κ3) is 4.39. The van der Waals surface area contributed by atoms with Crippen LogP contribution >= 0.6 is 11.3 Å². The normalized spacial score (nSPS) is 13.6. The van der Waals surface area contributed by atoms with E-state index in [0.717, 1.165) is 52.3 Å². The summed E-state index contributed by atoms with van der Waals surface area (Å²) in [5.74, 6) is 0.0537. The van der Waals surface area contributed by atoms with Crippen LogP contribution in [0.25, 0.3) is 22.6 Å². The fourth-order valence-electron chi connectivity index (χ4n) is 4.13. The molecular formula is C25H26N6OS. The molecule has 0 bridgehead atoms. The Bertz CT molecular complexity index is 1280. The molecular weight excluding hydrogens is 432 g/mol. The van der Waals surface area contributed by atoms with Gasteiger partial charge >= 0.3 is 0 Å². The van der Waals surface area contributed by atoms with Crippen molar-refractivity contribution in [3.8, 4) is 22.6 Å². The number of fused-ring (bicyclic) bond motifs is 1. The van der Waals surface area contributed by atoms with E-state index in [1.165, 1.54) is 16.2 Å². The Balaban J connectivity index is 1.42. The Morgan fingerprint density at radius 3 is 2.64 bits per heavy atom. The van der Waals surface area contributed by atoms with Crippen molar-refractivity contribution in [1.82, 2.24) is 24.6 Å². The van der Waals surface area contributed by atoms with E-state index in [9.17, 15) is 4.79 Å². The zero-order valence-corrected chi connectivity index (χ0v) is 19.6. The zero-order valence-electron chi connectivity index (χ0n) is 18.8. The quantitative estimate of drug-likeness (QED) is 0.501. The standard InChI is InChI=1S/C25H26N6OS/c1-16-12-20(27-14-17(16)2)21-13-22(18-6-4-3-5-7-18)31(29-21)15-24(32)30-10-8-19-23(9-11-30)33-25(26)28-19/h3-7,12-14H,8-11,15H2,1-2H3,(H2,26,28). The fraction of sp³-hybridized carbons (Fsp3) is 0.280. The molecule has 7 nitrogen and oxygen atoms in total. The van der Waals surface area contributed by atoms with Gasteiger partial charge in [0, 0.05) is 37.0 Å². The molecule has 0 radical (unpaired) electrons. The summed E-state index contributed by atoms with van der Waals surface area (Å²) in [5.41, 5.74) is 12.7. The van der Waals surface area contributed by atoms with E-state index in [1.807, 2.05) is 60.5 Å². The zero-order chi connectivity index (χ0) is 22.9. The topological polar surface area (TPSA) is 89.9 Å². The smallest absolute Gasteiger partial charge is 0.244 e. The van der Waals surface area contributed by atoms with Crippen LogP contribution in [0.3, 0.4) is 0 Å². The summed E-state index contributed by atoms with van der Waals surface area (Å²) in [6.07, 6.45) is 3.39. The number of aromatic nitrogens is 4. The van der Waals surface area contributed by atoms with Gasteiger partial charge in [-0.2, -0.15) is 5.10 Å². The lowest BCUT2D eigenvalue weighted by molar-refractivity contribution is -0.131. The summed E-state index contributed by atoms with van der Waals surface area (Å²) >= 11 is 1.53. The van der Waals surface area contributed by atoms with Gasteiger partial charge in [-0.1, -0.05) is 30.3 Å². The lowest BCUT2D eigenvalue weighted by atomic mass is 10.1. The first kappa shape index (κ1) is 21.3. The predicted octanol–water partition coefficient (Wildman–Crippen LogP) is 3.90. The molecule has 0 aliphatic carbocycles. The summed E-state index contributed by atoms with van der Waals surface area (Å²) in [4.78, 5) is 25.4. The first-order chi connectivity index (χ1) is 16.0. The number of thiazole rings is 1. The Morgan fingerprint density at radius 1 is 1.06 bits per heavy atom. The van der Waals surface area contributed by atoms with Gasteiger partial charge in [-0.15, -0.1) is 11.3 Å². The molecule has 1 aliphatic heterocycles.